The van der Waals surface area contributed by atoms with Crippen LogP contribution < -0.4 is 5.32 Å². The van der Waals surface area contributed by atoms with Crippen LogP contribution in [0.5, 0.6) is 0 Å². The Morgan fingerprint density at radius 1 is 1.04 bits per heavy atom. The minimum Gasteiger partial charge on any atom is -0.415 e. The number of ether oxygens (including phenoxy) is 2. The molecule has 2 rings (SSSR count). The quantitative estimate of drug-likeness (QED) is 0.627. The number of aliphatic hydroxyl groups excluding tert-OH is 2. The normalized spacial score (nSPS) is 33.5. The lowest BCUT2D eigenvalue weighted by molar-refractivity contribution is -0.0520. The van der Waals surface area contributed by atoms with Gasteiger partial charge in [-0.3, -0.25) is 0 Å². The number of nitrogens with one attached hydrogen (secondary N) is 1. The van der Waals surface area contributed by atoms with E-state index in [-0.39, 0.29) is 23.4 Å². The van der Waals surface area contributed by atoms with Crippen molar-refractivity contribution in [2.24, 2.45) is 0 Å². The molecule has 0 saturated carbocycles. The molecule has 0 aromatic rings. The topological polar surface area (TPSA) is 80.2 Å². The van der Waals surface area contributed by atoms with Gasteiger partial charge in [-0.15, -0.1) is 0 Å². The fourth-order valence-corrected chi connectivity index (χ4v) is 3.78. The number of hydrogen-bond acceptors (Lipinski definition) is 6. The molecule has 2 heterocycles. The summed E-state index contributed by atoms with van der Waals surface area (Å²) in [4.78, 5) is 0. The Hall–Kier alpha value is -0.0231. The summed E-state index contributed by atoms with van der Waals surface area (Å²) in [5.41, 5.74) is 0. The van der Waals surface area contributed by atoms with Crippen molar-refractivity contribution in [1.82, 2.24) is 5.32 Å². The van der Waals surface area contributed by atoms with Gasteiger partial charge in [0.15, 0.2) is 14.6 Å². The van der Waals surface area contributed by atoms with Gasteiger partial charge in [-0.2, -0.15) is 0 Å². The van der Waals surface area contributed by atoms with Crippen molar-refractivity contribution in [2.75, 3.05) is 19.8 Å². The Balaban J connectivity index is 1.81. The third kappa shape index (κ3) is 4.75. The van der Waals surface area contributed by atoms with E-state index in [1.807, 2.05) is 0 Å². The Morgan fingerprint density at radius 3 is 2.17 bits per heavy atom. The highest BCUT2D eigenvalue weighted by molar-refractivity contribution is 6.74. The highest BCUT2D eigenvalue weighted by Gasteiger charge is 2.43. The summed E-state index contributed by atoms with van der Waals surface area (Å²) in [5, 5.41) is 24.0. The van der Waals surface area contributed by atoms with Gasteiger partial charge in [0.25, 0.3) is 0 Å². The minimum atomic E-state index is -1.86. The monoisotopic (exact) mass is 347 g/mol. The van der Waals surface area contributed by atoms with Gasteiger partial charge >= 0.3 is 0 Å². The first-order valence-electron chi connectivity index (χ1n) is 8.61. The smallest absolute Gasteiger partial charge is 0.192 e. The Kier molecular flexibility index (Phi) is 6.27. The number of aliphatic hydroxyl groups is 2. The molecule has 0 aromatic heterocycles. The molecule has 0 radical (unpaired) electrons. The molecule has 2 aliphatic heterocycles. The van der Waals surface area contributed by atoms with Crippen LogP contribution in [0.2, 0.25) is 18.1 Å². The second kappa shape index (κ2) is 7.47. The highest BCUT2D eigenvalue weighted by Crippen LogP contribution is 2.37. The second-order valence-electron chi connectivity index (χ2n) is 8.18. The van der Waals surface area contributed by atoms with Crippen molar-refractivity contribution in [3.63, 3.8) is 0 Å². The van der Waals surface area contributed by atoms with Crippen LogP contribution in [0.25, 0.3) is 0 Å². The fourth-order valence-electron chi connectivity index (χ4n) is 2.75. The van der Waals surface area contributed by atoms with Gasteiger partial charge in [0.05, 0.1) is 38.1 Å². The number of hydrogen-bond donors (Lipinski definition) is 3. The average Bonchev–Trinajstić information content (AvgIpc) is 3.05. The van der Waals surface area contributed by atoms with Crippen LogP contribution in [0.15, 0.2) is 0 Å². The molecule has 4 atom stereocenters. The predicted molar refractivity (Wildman–Crippen MR) is 90.8 cm³/mol. The first-order valence-corrected chi connectivity index (χ1v) is 11.5. The zero-order valence-corrected chi connectivity index (χ0v) is 16.0. The number of rotatable bonds is 6. The third-order valence-corrected chi connectivity index (χ3v) is 9.94. The summed E-state index contributed by atoms with van der Waals surface area (Å²) >= 11 is 0. The molecular weight excluding hydrogens is 314 g/mol. The largest absolute Gasteiger partial charge is 0.415 e. The zero-order valence-electron chi connectivity index (χ0n) is 15.0. The van der Waals surface area contributed by atoms with E-state index in [0.29, 0.717) is 26.2 Å². The summed E-state index contributed by atoms with van der Waals surface area (Å²) < 4.78 is 17.0. The molecule has 0 aliphatic carbocycles. The van der Waals surface area contributed by atoms with Crippen LogP contribution in [0.3, 0.4) is 0 Å². The summed E-state index contributed by atoms with van der Waals surface area (Å²) in [6.07, 6.45) is -0.320. The van der Waals surface area contributed by atoms with Crippen LogP contribution in [0, 0.1) is 0 Å². The van der Waals surface area contributed by atoms with Crippen LogP contribution in [0.1, 0.15) is 33.6 Å². The van der Waals surface area contributed by atoms with Crippen LogP contribution in [-0.2, 0) is 13.9 Å². The molecule has 2 fully saturated rings. The predicted octanol–water partition coefficient (Wildman–Crippen LogP) is 1.22. The van der Waals surface area contributed by atoms with E-state index in [4.69, 9.17) is 13.9 Å². The minimum absolute atomic E-state index is 0.131. The van der Waals surface area contributed by atoms with E-state index in [0.717, 1.165) is 6.42 Å². The molecule has 6 nitrogen and oxygen atoms in total. The molecule has 3 N–H and O–H groups in total. The van der Waals surface area contributed by atoms with Crippen LogP contribution in [0.4, 0.5) is 0 Å². The Morgan fingerprint density at radius 2 is 1.61 bits per heavy atom. The molecule has 2 saturated heterocycles. The SMILES string of the molecule is CC(C)(C)[Si](C)(C)OC[C@H]1N[C@H](CCC2OCCO2)[C@@H](O)[C@@H]1O. The molecule has 0 amide bonds. The van der Waals surface area contributed by atoms with Crippen molar-refractivity contribution in [3.05, 3.63) is 0 Å². The standard InChI is InChI=1S/C16H33NO5Si/c1-16(2,3)23(4,5)22-10-12-15(19)14(18)11(17-12)6-7-13-20-8-9-21-13/h11-15,17-19H,6-10H2,1-5H3/t11-,12-,14-,15-/m1/s1. The van der Waals surface area contributed by atoms with E-state index in [2.05, 4.69) is 39.2 Å². The molecule has 0 bridgehead atoms. The first-order chi connectivity index (χ1) is 10.6. The highest BCUT2D eigenvalue weighted by atomic mass is 28.4. The summed E-state index contributed by atoms with van der Waals surface area (Å²) in [5.74, 6) is 0. The lowest BCUT2D eigenvalue weighted by atomic mass is 10.0. The lowest BCUT2D eigenvalue weighted by Crippen LogP contribution is -2.46. The molecule has 0 unspecified atom stereocenters. The van der Waals surface area contributed by atoms with Crippen molar-refractivity contribution >= 4 is 8.32 Å². The maximum atomic E-state index is 10.3. The molecule has 7 heteroatoms. The molecule has 23 heavy (non-hydrogen) atoms. The Labute approximate surface area is 140 Å². The van der Waals surface area contributed by atoms with Gasteiger partial charge in [-0.05, 0) is 31.0 Å². The van der Waals surface area contributed by atoms with E-state index < -0.39 is 20.5 Å². The maximum Gasteiger partial charge on any atom is 0.192 e. The Bertz CT molecular complexity index is 381. The average molecular weight is 348 g/mol. The van der Waals surface area contributed by atoms with Gasteiger partial charge in [-0.25, -0.2) is 0 Å². The van der Waals surface area contributed by atoms with Crippen LogP contribution >= 0.6 is 0 Å². The third-order valence-electron chi connectivity index (χ3n) is 5.44. The summed E-state index contributed by atoms with van der Waals surface area (Å²) in [7, 11) is -1.86. The fraction of sp³-hybridized carbons (Fsp3) is 1.00. The van der Waals surface area contributed by atoms with Crippen molar-refractivity contribution in [1.29, 1.82) is 0 Å². The molecule has 0 aromatic carbocycles. The zero-order chi connectivity index (χ0) is 17.3. The second-order valence-corrected chi connectivity index (χ2v) is 13.0. The van der Waals surface area contributed by atoms with Gasteiger partial charge in [-0.1, -0.05) is 20.8 Å². The first kappa shape index (κ1) is 19.3. The van der Waals surface area contributed by atoms with Crippen molar-refractivity contribution in [3.8, 4) is 0 Å². The lowest BCUT2D eigenvalue weighted by Gasteiger charge is -2.37. The van der Waals surface area contributed by atoms with Crippen molar-refractivity contribution in [2.45, 2.75) is 82.3 Å². The van der Waals surface area contributed by atoms with E-state index >= 15 is 0 Å². The van der Waals surface area contributed by atoms with E-state index in [1.54, 1.807) is 0 Å². The van der Waals surface area contributed by atoms with Gasteiger partial charge < -0.3 is 29.4 Å². The summed E-state index contributed by atoms with van der Waals surface area (Å²) in [6, 6.07) is -0.375. The van der Waals surface area contributed by atoms with Gasteiger partial charge in [0.1, 0.15) is 0 Å². The van der Waals surface area contributed by atoms with Gasteiger partial charge in [0, 0.05) is 6.04 Å². The molecule has 2 aliphatic rings. The summed E-state index contributed by atoms with van der Waals surface area (Å²) in [6.45, 7) is 12.7. The molecule has 136 valence electrons. The van der Waals surface area contributed by atoms with Gasteiger partial charge in [0.2, 0.25) is 0 Å². The maximum absolute atomic E-state index is 10.3. The van der Waals surface area contributed by atoms with Crippen LogP contribution in [-0.4, -0.2) is 68.9 Å². The van der Waals surface area contributed by atoms with E-state index in [1.165, 1.54) is 0 Å². The molecular formula is C16H33NO5Si. The molecule has 0 spiro atoms. The van der Waals surface area contributed by atoms with Crippen molar-refractivity contribution < 1.29 is 24.1 Å². The van der Waals surface area contributed by atoms with E-state index in [9.17, 15) is 10.2 Å².